The number of nitrogens with zero attached hydrogens (tertiary/aromatic N) is 2. The first-order chi connectivity index (χ1) is 8.63. The first-order valence-electron chi connectivity index (χ1n) is 6.56. The van der Waals surface area contributed by atoms with E-state index in [1.54, 1.807) is 4.90 Å². The molecule has 1 aliphatic heterocycles. The van der Waals surface area contributed by atoms with Gasteiger partial charge in [0.15, 0.2) is 0 Å². The maximum absolute atomic E-state index is 12.0. The molecular formula is C12H23N3O3. The summed E-state index contributed by atoms with van der Waals surface area (Å²) in [6, 6.07) is 0. The number of likely N-dealkylation sites (N-methyl/N-ethyl adjacent to an activating group) is 1. The lowest BCUT2D eigenvalue weighted by molar-refractivity contribution is -0.138. The predicted octanol–water partition coefficient (Wildman–Crippen LogP) is -0.395. The largest absolute Gasteiger partial charge is 0.481 e. The summed E-state index contributed by atoms with van der Waals surface area (Å²) in [5.41, 5.74) is 0. The van der Waals surface area contributed by atoms with Crippen molar-refractivity contribution in [1.29, 1.82) is 0 Å². The van der Waals surface area contributed by atoms with Gasteiger partial charge in [-0.3, -0.25) is 14.5 Å². The highest BCUT2D eigenvalue weighted by atomic mass is 16.4. The summed E-state index contributed by atoms with van der Waals surface area (Å²) >= 11 is 0. The number of carboxylic acid groups (broad SMARTS) is 1. The second kappa shape index (κ2) is 8.05. The Morgan fingerprint density at radius 3 is 2.78 bits per heavy atom. The van der Waals surface area contributed by atoms with Gasteiger partial charge in [0.25, 0.3) is 0 Å². The number of hydrogen-bond acceptors (Lipinski definition) is 4. The van der Waals surface area contributed by atoms with Crippen LogP contribution in [0.2, 0.25) is 0 Å². The monoisotopic (exact) mass is 257 g/mol. The summed E-state index contributed by atoms with van der Waals surface area (Å²) in [6.45, 7) is 6.86. The number of amides is 1. The van der Waals surface area contributed by atoms with Gasteiger partial charge in [0, 0.05) is 26.2 Å². The van der Waals surface area contributed by atoms with Gasteiger partial charge in [-0.1, -0.05) is 0 Å². The van der Waals surface area contributed by atoms with E-state index in [1.165, 1.54) is 0 Å². The second-order valence-electron chi connectivity index (χ2n) is 4.50. The molecule has 6 heteroatoms. The van der Waals surface area contributed by atoms with Gasteiger partial charge in [-0.15, -0.1) is 0 Å². The minimum absolute atomic E-state index is 0.0150. The first-order valence-corrected chi connectivity index (χ1v) is 6.56. The standard InChI is InChI=1S/C12H23N3O3/c1-2-15(8-4-12(17)18)11(16)10-14-7-3-5-13-6-9-14/h13H,2-10H2,1H3,(H,17,18). The average Bonchev–Trinajstić information content (AvgIpc) is 2.58. The lowest BCUT2D eigenvalue weighted by Crippen LogP contribution is -2.42. The minimum Gasteiger partial charge on any atom is -0.481 e. The molecule has 0 spiro atoms. The van der Waals surface area contributed by atoms with Crippen molar-refractivity contribution in [2.45, 2.75) is 19.8 Å². The molecule has 0 saturated carbocycles. The van der Waals surface area contributed by atoms with E-state index >= 15 is 0 Å². The highest BCUT2D eigenvalue weighted by molar-refractivity contribution is 5.79. The molecule has 0 unspecified atom stereocenters. The van der Waals surface area contributed by atoms with Crippen molar-refractivity contribution in [1.82, 2.24) is 15.1 Å². The van der Waals surface area contributed by atoms with E-state index in [0.29, 0.717) is 19.6 Å². The number of rotatable bonds is 6. The molecule has 0 radical (unpaired) electrons. The number of carbonyl (C=O) groups is 2. The number of nitrogens with one attached hydrogen (secondary N) is 1. The van der Waals surface area contributed by atoms with E-state index in [-0.39, 0.29) is 12.3 Å². The van der Waals surface area contributed by atoms with Crippen LogP contribution in [0.1, 0.15) is 19.8 Å². The Bertz CT molecular complexity index is 276. The molecule has 1 rings (SSSR count). The van der Waals surface area contributed by atoms with E-state index in [0.717, 1.165) is 32.6 Å². The Labute approximate surface area is 108 Å². The molecule has 1 fully saturated rings. The minimum atomic E-state index is -0.861. The molecule has 1 amide bonds. The molecule has 0 atom stereocenters. The molecule has 6 nitrogen and oxygen atoms in total. The van der Waals surface area contributed by atoms with Crippen molar-refractivity contribution in [2.75, 3.05) is 45.8 Å². The Morgan fingerprint density at radius 1 is 1.33 bits per heavy atom. The van der Waals surface area contributed by atoms with Crippen LogP contribution in [-0.2, 0) is 9.59 Å². The highest BCUT2D eigenvalue weighted by Crippen LogP contribution is 1.99. The summed E-state index contributed by atoms with van der Waals surface area (Å²) in [4.78, 5) is 26.3. The zero-order chi connectivity index (χ0) is 13.4. The fraction of sp³-hybridized carbons (Fsp3) is 0.833. The second-order valence-corrected chi connectivity index (χ2v) is 4.50. The maximum Gasteiger partial charge on any atom is 0.305 e. The third-order valence-electron chi connectivity index (χ3n) is 3.12. The lowest BCUT2D eigenvalue weighted by atomic mass is 10.3. The van der Waals surface area contributed by atoms with E-state index in [9.17, 15) is 9.59 Å². The molecule has 1 aliphatic rings. The third kappa shape index (κ3) is 5.46. The summed E-state index contributed by atoms with van der Waals surface area (Å²) in [6.07, 6.45) is 1.07. The Kier molecular flexibility index (Phi) is 6.67. The number of carboxylic acids is 1. The zero-order valence-corrected chi connectivity index (χ0v) is 11.0. The molecule has 0 aliphatic carbocycles. The van der Waals surface area contributed by atoms with E-state index in [1.807, 2.05) is 6.92 Å². The summed E-state index contributed by atoms with van der Waals surface area (Å²) in [7, 11) is 0. The first kappa shape index (κ1) is 14.9. The van der Waals surface area contributed by atoms with Gasteiger partial charge in [0.05, 0.1) is 13.0 Å². The summed E-state index contributed by atoms with van der Waals surface area (Å²) in [5, 5.41) is 11.9. The normalized spacial score (nSPS) is 17.2. The van der Waals surface area contributed by atoms with E-state index < -0.39 is 5.97 Å². The van der Waals surface area contributed by atoms with Crippen LogP contribution in [-0.4, -0.2) is 72.6 Å². The quantitative estimate of drug-likeness (QED) is 0.678. The van der Waals surface area contributed by atoms with Crippen molar-refractivity contribution in [2.24, 2.45) is 0 Å². The van der Waals surface area contributed by atoms with E-state index in [4.69, 9.17) is 5.11 Å². The zero-order valence-electron chi connectivity index (χ0n) is 11.0. The summed E-state index contributed by atoms with van der Waals surface area (Å²) < 4.78 is 0. The Balaban J connectivity index is 2.37. The van der Waals surface area contributed by atoms with Crippen molar-refractivity contribution in [3.8, 4) is 0 Å². The topological polar surface area (TPSA) is 72.9 Å². The average molecular weight is 257 g/mol. The molecule has 0 bridgehead atoms. The maximum atomic E-state index is 12.0. The van der Waals surface area contributed by atoms with Crippen molar-refractivity contribution < 1.29 is 14.7 Å². The summed E-state index contributed by atoms with van der Waals surface area (Å²) in [5.74, 6) is -0.833. The van der Waals surface area contributed by atoms with Gasteiger partial charge < -0.3 is 15.3 Å². The van der Waals surface area contributed by atoms with Crippen LogP contribution in [0.3, 0.4) is 0 Å². The Morgan fingerprint density at radius 2 is 2.11 bits per heavy atom. The van der Waals surface area contributed by atoms with Crippen LogP contribution in [0.15, 0.2) is 0 Å². The lowest BCUT2D eigenvalue weighted by Gasteiger charge is -2.25. The predicted molar refractivity (Wildman–Crippen MR) is 68.4 cm³/mol. The SMILES string of the molecule is CCN(CCC(=O)O)C(=O)CN1CCCNCC1. The molecule has 1 heterocycles. The molecule has 0 aromatic heterocycles. The van der Waals surface area contributed by atoms with Crippen LogP contribution in [0.5, 0.6) is 0 Å². The van der Waals surface area contributed by atoms with Crippen LogP contribution in [0, 0.1) is 0 Å². The van der Waals surface area contributed by atoms with Gasteiger partial charge in [-0.25, -0.2) is 0 Å². The fourth-order valence-corrected chi connectivity index (χ4v) is 2.04. The van der Waals surface area contributed by atoms with Crippen LogP contribution in [0.25, 0.3) is 0 Å². The Hall–Kier alpha value is -1.14. The van der Waals surface area contributed by atoms with Crippen LogP contribution in [0.4, 0.5) is 0 Å². The third-order valence-corrected chi connectivity index (χ3v) is 3.12. The fourth-order valence-electron chi connectivity index (χ4n) is 2.04. The smallest absolute Gasteiger partial charge is 0.305 e. The molecule has 1 saturated heterocycles. The van der Waals surface area contributed by atoms with Gasteiger partial charge in [-0.05, 0) is 26.4 Å². The molecule has 18 heavy (non-hydrogen) atoms. The number of hydrogen-bond donors (Lipinski definition) is 2. The molecule has 0 aromatic carbocycles. The molecule has 2 N–H and O–H groups in total. The van der Waals surface area contributed by atoms with Gasteiger partial charge in [0.1, 0.15) is 0 Å². The van der Waals surface area contributed by atoms with Crippen LogP contribution < -0.4 is 5.32 Å². The molecule has 104 valence electrons. The van der Waals surface area contributed by atoms with Crippen molar-refractivity contribution in [3.63, 3.8) is 0 Å². The van der Waals surface area contributed by atoms with Crippen molar-refractivity contribution in [3.05, 3.63) is 0 Å². The van der Waals surface area contributed by atoms with E-state index in [2.05, 4.69) is 10.2 Å². The number of aliphatic carboxylic acids is 1. The van der Waals surface area contributed by atoms with Crippen molar-refractivity contribution >= 4 is 11.9 Å². The van der Waals surface area contributed by atoms with Gasteiger partial charge >= 0.3 is 5.97 Å². The van der Waals surface area contributed by atoms with Gasteiger partial charge in [-0.2, -0.15) is 0 Å². The molecular weight excluding hydrogens is 234 g/mol. The number of carbonyl (C=O) groups excluding carboxylic acids is 1. The highest BCUT2D eigenvalue weighted by Gasteiger charge is 2.17. The van der Waals surface area contributed by atoms with Crippen LogP contribution >= 0.6 is 0 Å². The van der Waals surface area contributed by atoms with Gasteiger partial charge in [0.2, 0.25) is 5.91 Å². The molecule has 0 aromatic rings.